The number of carbonyl (C=O) groups is 2. The summed E-state index contributed by atoms with van der Waals surface area (Å²) in [7, 11) is 0. The smallest absolute Gasteiger partial charge is 0.338 e. The number of hydrogen-bond donors (Lipinski definition) is 1. The minimum atomic E-state index is -0.356. The molecule has 2 aromatic rings. The molecular weight excluding hydrogens is 320 g/mol. The minimum Gasteiger partial charge on any atom is -0.459 e. The van der Waals surface area contributed by atoms with Crippen LogP contribution in [-0.4, -0.2) is 23.0 Å². The molecular formula is C19H22N2O4. The van der Waals surface area contributed by atoms with E-state index in [1.807, 2.05) is 6.92 Å². The summed E-state index contributed by atoms with van der Waals surface area (Å²) in [5.74, 6) is 0.0728. The highest BCUT2D eigenvalue weighted by Crippen LogP contribution is 2.22. The molecule has 0 radical (unpaired) electrons. The van der Waals surface area contributed by atoms with E-state index in [2.05, 4.69) is 10.3 Å². The first kappa shape index (κ1) is 17.2. The number of benzene rings is 1. The third-order valence-corrected chi connectivity index (χ3v) is 4.30. The molecule has 1 saturated carbocycles. The summed E-state index contributed by atoms with van der Waals surface area (Å²) in [5, 5.41) is 2.75. The Balaban J connectivity index is 1.62. The van der Waals surface area contributed by atoms with Crippen molar-refractivity contribution in [1.82, 2.24) is 4.98 Å². The van der Waals surface area contributed by atoms with E-state index in [-0.39, 0.29) is 23.7 Å². The van der Waals surface area contributed by atoms with Gasteiger partial charge >= 0.3 is 5.97 Å². The summed E-state index contributed by atoms with van der Waals surface area (Å²) < 4.78 is 10.9. The number of anilines is 1. The Morgan fingerprint density at radius 2 is 1.92 bits per heavy atom. The largest absolute Gasteiger partial charge is 0.459 e. The number of esters is 1. The Bertz CT molecular complexity index is 758. The lowest BCUT2D eigenvalue weighted by atomic mass is 10.2. The molecule has 1 aromatic carbocycles. The zero-order valence-electron chi connectivity index (χ0n) is 14.5. The van der Waals surface area contributed by atoms with Crippen LogP contribution in [0.4, 0.5) is 5.69 Å². The Kier molecular flexibility index (Phi) is 5.16. The van der Waals surface area contributed by atoms with Gasteiger partial charge in [0.25, 0.3) is 5.91 Å². The van der Waals surface area contributed by atoms with Gasteiger partial charge in [-0.1, -0.05) is 6.92 Å². The number of nitrogens with one attached hydrogen (secondary N) is 1. The number of carbonyl (C=O) groups excluding carboxylic acids is 2. The topological polar surface area (TPSA) is 81.4 Å². The van der Waals surface area contributed by atoms with Gasteiger partial charge in [0.15, 0.2) is 5.89 Å². The van der Waals surface area contributed by atoms with Gasteiger partial charge in [-0.05, 0) is 56.9 Å². The maximum absolute atomic E-state index is 12.3. The molecule has 1 aromatic heterocycles. The molecule has 3 rings (SSSR count). The lowest BCUT2D eigenvalue weighted by Gasteiger charge is -2.11. The minimum absolute atomic E-state index is 0.0362. The summed E-state index contributed by atoms with van der Waals surface area (Å²) in [4.78, 5) is 28.6. The third-order valence-electron chi connectivity index (χ3n) is 4.30. The molecule has 1 aliphatic rings. The highest BCUT2D eigenvalue weighted by molar-refractivity contribution is 6.03. The number of aryl methyl sites for hydroxylation is 2. The van der Waals surface area contributed by atoms with Gasteiger partial charge in [0.2, 0.25) is 5.76 Å². The van der Waals surface area contributed by atoms with Crippen LogP contribution >= 0.6 is 0 Å². The normalized spacial score (nSPS) is 14.5. The molecule has 6 heteroatoms. The fourth-order valence-electron chi connectivity index (χ4n) is 2.92. The van der Waals surface area contributed by atoms with Gasteiger partial charge in [0, 0.05) is 12.1 Å². The average molecular weight is 342 g/mol. The molecule has 0 unspecified atom stereocenters. The Morgan fingerprint density at radius 1 is 1.24 bits per heavy atom. The molecule has 0 bridgehead atoms. The second-order valence-corrected chi connectivity index (χ2v) is 6.22. The zero-order valence-corrected chi connectivity index (χ0v) is 14.5. The summed E-state index contributed by atoms with van der Waals surface area (Å²) >= 11 is 0. The monoisotopic (exact) mass is 342 g/mol. The molecule has 1 amide bonds. The van der Waals surface area contributed by atoms with Gasteiger partial charge < -0.3 is 14.5 Å². The van der Waals surface area contributed by atoms with Gasteiger partial charge in [-0.15, -0.1) is 0 Å². The fraction of sp³-hybridized carbons (Fsp3) is 0.421. The Labute approximate surface area is 146 Å². The standard InChI is InChI=1S/C19H22N2O4/c1-3-16-20-12(2)17(25-16)18(22)21-14-10-8-13(9-11-14)19(23)24-15-6-4-5-7-15/h8-11,15H,3-7H2,1-2H3,(H,21,22). The number of nitrogens with zero attached hydrogens (tertiary/aromatic N) is 1. The van der Waals surface area contributed by atoms with Crippen molar-refractivity contribution in [2.45, 2.75) is 52.1 Å². The van der Waals surface area contributed by atoms with Crippen LogP contribution in [0.2, 0.25) is 0 Å². The van der Waals surface area contributed by atoms with E-state index in [9.17, 15) is 9.59 Å². The average Bonchev–Trinajstić information content (AvgIpc) is 3.24. The molecule has 25 heavy (non-hydrogen) atoms. The summed E-state index contributed by atoms with van der Waals surface area (Å²) in [5.41, 5.74) is 1.62. The maximum atomic E-state index is 12.3. The van der Waals surface area contributed by atoms with Crippen LogP contribution in [0, 0.1) is 6.92 Å². The Morgan fingerprint density at radius 3 is 2.52 bits per heavy atom. The lowest BCUT2D eigenvalue weighted by molar-refractivity contribution is 0.0318. The maximum Gasteiger partial charge on any atom is 0.338 e. The van der Waals surface area contributed by atoms with E-state index in [4.69, 9.17) is 9.15 Å². The molecule has 132 valence electrons. The first-order valence-electron chi connectivity index (χ1n) is 8.65. The van der Waals surface area contributed by atoms with Gasteiger partial charge in [-0.2, -0.15) is 0 Å². The second-order valence-electron chi connectivity index (χ2n) is 6.22. The van der Waals surface area contributed by atoms with Crippen LogP contribution in [0.5, 0.6) is 0 Å². The number of aromatic nitrogens is 1. The van der Waals surface area contributed by atoms with E-state index >= 15 is 0 Å². The molecule has 0 atom stereocenters. The van der Waals surface area contributed by atoms with E-state index in [0.29, 0.717) is 29.3 Å². The number of amides is 1. The lowest BCUT2D eigenvalue weighted by Crippen LogP contribution is -2.15. The zero-order chi connectivity index (χ0) is 17.8. The predicted molar refractivity (Wildman–Crippen MR) is 92.7 cm³/mol. The van der Waals surface area contributed by atoms with E-state index in [1.54, 1.807) is 31.2 Å². The van der Waals surface area contributed by atoms with Crippen LogP contribution in [0.1, 0.15) is 65.1 Å². The summed E-state index contributed by atoms with van der Waals surface area (Å²) in [6.07, 6.45) is 4.78. The number of rotatable bonds is 5. The first-order chi connectivity index (χ1) is 12.1. The van der Waals surface area contributed by atoms with Crippen LogP contribution in [0.25, 0.3) is 0 Å². The quantitative estimate of drug-likeness (QED) is 0.834. The van der Waals surface area contributed by atoms with Crippen molar-refractivity contribution in [3.8, 4) is 0 Å². The summed E-state index contributed by atoms with van der Waals surface area (Å²) in [6.45, 7) is 3.65. The van der Waals surface area contributed by atoms with Crippen LogP contribution < -0.4 is 5.32 Å². The van der Waals surface area contributed by atoms with Gasteiger partial charge in [0.1, 0.15) is 6.10 Å². The van der Waals surface area contributed by atoms with E-state index < -0.39 is 0 Å². The van der Waals surface area contributed by atoms with Gasteiger partial charge in [-0.3, -0.25) is 4.79 Å². The van der Waals surface area contributed by atoms with Gasteiger partial charge in [-0.25, -0.2) is 9.78 Å². The fourth-order valence-corrected chi connectivity index (χ4v) is 2.92. The molecule has 6 nitrogen and oxygen atoms in total. The molecule has 0 spiro atoms. The van der Waals surface area contributed by atoms with E-state index in [0.717, 1.165) is 25.7 Å². The number of oxazole rings is 1. The van der Waals surface area contributed by atoms with Crippen molar-refractivity contribution in [1.29, 1.82) is 0 Å². The van der Waals surface area contributed by atoms with Crippen molar-refractivity contribution >= 4 is 17.6 Å². The molecule has 0 saturated heterocycles. The van der Waals surface area contributed by atoms with Crippen molar-refractivity contribution in [3.05, 3.63) is 47.2 Å². The van der Waals surface area contributed by atoms with Crippen molar-refractivity contribution in [2.75, 3.05) is 5.32 Å². The van der Waals surface area contributed by atoms with Crippen molar-refractivity contribution in [2.24, 2.45) is 0 Å². The van der Waals surface area contributed by atoms with E-state index in [1.165, 1.54) is 0 Å². The molecule has 1 N–H and O–H groups in total. The highest BCUT2D eigenvalue weighted by Gasteiger charge is 2.20. The van der Waals surface area contributed by atoms with Crippen molar-refractivity contribution < 1.29 is 18.7 Å². The molecule has 1 fully saturated rings. The highest BCUT2D eigenvalue weighted by atomic mass is 16.5. The van der Waals surface area contributed by atoms with Crippen LogP contribution in [-0.2, 0) is 11.2 Å². The SMILES string of the molecule is CCc1nc(C)c(C(=O)Nc2ccc(C(=O)OC3CCCC3)cc2)o1. The van der Waals surface area contributed by atoms with Crippen LogP contribution in [0.3, 0.4) is 0 Å². The first-order valence-corrected chi connectivity index (χ1v) is 8.65. The number of ether oxygens (including phenoxy) is 1. The molecule has 0 aliphatic heterocycles. The summed E-state index contributed by atoms with van der Waals surface area (Å²) in [6, 6.07) is 6.65. The van der Waals surface area contributed by atoms with Crippen LogP contribution in [0.15, 0.2) is 28.7 Å². The Hall–Kier alpha value is -2.63. The predicted octanol–water partition coefficient (Wildman–Crippen LogP) is 3.90. The van der Waals surface area contributed by atoms with Crippen molar-refractivity contribution in [3.63, 3.8) is 0 Å². The molecule has 1 aliphatic carbocycles. The molecule has 1 heterocycles. The second kappa shape index (κ2) is 7.51. The third kappa shape index (κ3) is 4.07. The number of hydrogen-bond acceptors (Lipinski definition) is 5. The van der Waals surface area contributed by atoms with Gasteiger partial charge in [0.05, 0.1) is 11.3 Å².